The molecule has 0 spiro atoms. The first kappa shape index (κ1) is 18.4. The van der Waals surface area contributed by atoms with Crippen LogP contribution >= 0.6 is 0 Å². The zero-order valence-corrected chi connectivity index (χ0v) is 13.9. The molecule has 2 aromatic rings. The smallest absolute Gasteiger partial charge is 0.137 e. The number of benzene rings is 1. The second-order valence-corrected chi connectivity index (χ2v) is 4.16. The van der Waals surface area contributed by atoms with E-state index in [0.717, 1.165) is 11.3 Å². The monoisotopic (exact) mass is 448 g/mol. The van der Waals surface area contributed by atoms with Crippen LogP contribution in [0.4, 0.5) is 0 Å². The number of hydrogen-bond donors (Lipinski definition) is 0. The Bertz CT molecular complexity index is 477. The zero-order valence-electron chi connectivity index (χ0n) is 11.5. The number of Topliss-reactive ketones (excluding diaryl/α,β-unsaturated/α-hetero) is 2. The van der Waals surface area contributed by atoms with E-state index in [-0.39, 0.29) is 38.1 Å². The standard InChI is InChI=1S/C11H9N.C5H8O2.Ir/c1-2-6-10(7-3-1)11-8-4-5-9-12-11;1-4(6)3-5(2)7;/h1-9H;3H2,1-2H3;. The Kier molecular flexibility index (Phi) is 9.35. The molecule has 1 radical (unpaired) electrons. The van der Waals surface area contributed by atoms with E-state index in [1.807, 2.05) is 42.6 Å². The summed E-state index contributed by atoms with van der Waals surface area (Å²) in [5, 5.41) is 0. The van der Waals surface area contributed by atoms with Gasteiger partial charge in [0.1, 0.15) is 11.6 Å². The van der Waals surface area contributed by atoms with E-state index in [9.17, 15) is 9.59 Å². The van der Waals surface area contributed by atoms with Crippen molar-refractivity contribution in [3.8, 4) is 11.3 Å². The van der Waals surface area contributed by atoms with Gasteiger partial charge in [-0.15, -0.1) is 0 Å². The fourth-order valence-corrected chi connectivity index (χ4v) is 1.49. The minimum atomic E-state index is -0.0625. The first-order valence-electron chi connectivity index (χ1n) is 6.05. The van der Waals surface area contributed by atoms with Gasteiger partial charge in [-0.2, -0.15) is 0 Å². The van der Waals surface area contributed by atoms with Crippen molar-refractivity contribution in [3.63, 3.8) is 0 Å². The van der Waals surface area contributed by atoms with Crippen LogP contribution in [-0.2, 0) is 29.7 Å². The van der Waals surface area contributed by atoms with E-state index in [4.69, 9.17) is 0 Å². The van der Waals surface area contributed by atoms with Gasteiger partial charge in [-0.25, -0.2) is 0 Å². The molecule has 0 atom stereocenters. The van der Waals surface area contributed by atoms with Crippen LogP contribution in [0, 0.1) is 0 Å². The van der Waals surface area contributed by atoms with Gasteiger partial charge in [0.2, 0.25) is 0 Å². The molecule has 1 heterocycles. The van der Waals surface area contributed by atoms with Crippen molar-refractivity contribution in [2.45, 2.75) is 20.3 Å². The maximum Gasteiger partial charge on any atom is 0.137 e. The fraction of sp³-hybridized carbons (Fsp3) is 0.188. The summed E-state index contributed by atoms with van der Waals surface area (Å²) in [4.78, 5) is 24.3. The normalized spacial score (nSPS) is 8.70. The Labute approximate surface area is 132 Å². The summed E-state index contributed by atoms with van der Waals surface area (Å²) in [6.45, 7) is 2.81. The number of pyridine rings is 1. The van der Waals surface area contributed by atoms with E-state index in [0.29, 0.717) is 0 Å². The Morgan fingerprint density at radius 1 is 0.900 bits per heavy atom. The van der Waals surface area contributed by atoms with Crippen LogP contribution in [0.15, 0.2) is 54.7 Å². The summed E-state index contributed by atoms with van der Waals surface area (Å²) in [6, 6.07) is 16.1. The number of nitrogens with zero attached hydrogens (tertiary/aromatic N) is 1. The molecule has 0 saturated carbocycles. The number of ketones is 2. The second kappa shape index (κ2) is 10.2. The predicted molar refractivity (Wildman–Crippen MR) is 75.7 cm³/mol. The summed E-state index contributed by atoms with van der Waals surface area (Å²) in [7, 11) is 0. The van der Waals surface area contributed by atoms with Crippen LogP contribution in [0.5, 0.6) is 0 Å². The van der Waals surface area contributed by atoms with Crippen molar-refractivity contribution < 1.29 is 29.7 Å². The van der Waals surface area contributed by atoms with Crippen molar-refractivity contribution in [3.05, 3.63) is 54.7 Å². The number of carbonyl (C=O) groups is 2. The van der Waals surface area contributed by atoms with Crippen LogP contribution in [-0.4, -0.2) is 16.6 Å². The quantitative estimate of drug-likeness (QED) is 0.679. The summed E-state index contributed by atoms with van der Waals surface area (Å²) >= 11 is 0. The van der Waals surface area contributed by atoms with Crippen molar-refractivity contribution in [1.29, 1.82) is 0 Å². The van der Waals surface area contributed by atoms with E-state index in [1.165, 1.54) is 13.8 Å². The topological polar surface area (TPSA) is 47.0 Å². The molecule has 1 aromatic heterocycles. The number of hydrogen-bond acceptors (Lipinski definition) is 3. The molecule has 2 rings (SSSR count). The van der Waals surface area contributed by atoms with Gasteiger partial charge in [-0.1, -0.05) is 36.4 Å². The largest absolute Gasteiger partial charge is 0.300 e. The van der Waals surface area contributed by atoms with E-state index in [1.54, 1.807) is 0 Å². The molecule has 0 N–H and O–H groups in total. The first-order chi connectivity index (χ1) is 9.09. The van der Waals surface area contributed by atoms with Gasteiger partial charge in [0.25, 0.3) is 0 Å². The Morgan fingerprint density at radius 3 is 1.85 bits per heavy atom. The van der Waals surface area contributed by atoms with E-state index in [2.05, 4.69) is 17.1 Å². The molecule has 20 heavy (non-hydrogen) atoms. The predicted octanol–water partition coefficient (Wildman–Crippen LogP) is 3.30. The fourth-order valence-electron chi connectivity index (χ4n) is 1.49. The van der Waals surface area contributed by atoms with Crippen molar-refractivity contribution in [2.75, 3.05) is 0 Å². The van der Waals surface area contributed by atoms with Crippen molar-refractivity contribution in [2.24, 2.45) is 0 Å². The van der Waals surface area contributed by atoms with Crippen LogP contribution < -0.4 is 0 Å². The molecule has 4 heteroatoms. The zero-order chi connectivity index (χ0) is 14.1. The van der Waals surface area contributed by atoms with Gasteiger partial charge in [0.15, 0.2) is 0 Å². The molecule has 0 fully saturated rings. The average molecular weight is 448 g/mol. The van der Waals surface area contributed by atoms with Gasteiger partial charge in [-0.3, -0.25) is 14.6 Å². The third-order valence-electron chi connectivity index (χ3n) is 2.23. The summed E-state index contributed by atoms with van der Waals surface area (Å²) < 4.78 is 0. The maximum atomic E-state index is 10.0. The minimum Gasteiger partial charge on any atom is -0.300 e. The van der Waals surface area contributed by atoms with Crippen LogP contribution in [0.2, 0.25) is 0 Å². The Morgan fingerprint density at radius 2 is 1.45 bits per heavy atom. The SMILES string of the molecule is CC(=O)CC(C)=O.[Ir].c1ccc(-c2ccccn2)cc1. The molecule has 0 saturated heterocycles. The van der Waals surface area contributed by atoms with Crippen LogP contribution in [0.1, 0.15) is 20.3 Å². The molecule has 3 nitrogen and oxygen atoms in total. The molecule has 0 amide bonds. The molecular formula is C16H17IrNO2. The maximum absolute atomic E-state index is 10.0. The Balaban J connectivity index is 0.000000396. The minimum absolute atomic E-state index is 0. The summed E-state index contributed by atoms with van der Waals surface area (Å²) in [5.74, 6) is -0.125. The number of rotatable bonds is 3. The summed E-state index contributed by atoms with van der Waals surface area (Å²) in [5.41, 5.74) is 2.19. The summed E-state index contributed by atoms with van der Waals surface area (Å²) in [6.07, 6.45) is 1.89. The molecule has 0 bridgehead atoms. The van der Waals surface area contributed by atoms with Crippen molar-refractivity contribution >= 4 is 11.6 Å². The second-order valence-electron chi connectivity index (χ2n) is 4.16. The van der Waals surface area contributed by atoms with Gasteiger partial charge < -0.3 is 0 Å². The molecule has 107 valence electrons. The molecule has 0 aliphatic heterocycles. The van der Waals surface area contributed by atoms with Gasteiger partial charge in [0.05, 0.1) is 12.1 Å². The molecule has 0 aliphatic carbocycles. The van der Waals surface area contributed by atoms with Crippen LogP contribution in [0.25, 0.3) is 11.3 Å². The van der Waals surface area contributed by atoms with Gasteiger partial charge >= 0.3 is 0 Å². The third-order valence-corrected chi connectivity index (χ3v) is 2.23. The molecule has 0 aliphatic rings. The van der Waals surface area contributed by atoms with Crippen molar-refractivity contribution in [1.82, 2.24) is 4.98 Å². The van der Waals surface area contributed by atoms with E-state index >= 15 is 0 Å². The average Bonchev–Trinajstić information content (AvgIpc) is 2.40. The first-order valence-corrected chi connectivity index (χ1v) is 6.05. The molecule has 0 unspecified atom stereocenters. The van der Waals surface area contributed by atoms with Gasteiger partial charge in [-0.05, 0) is 26.0 Å². The Hall–Kier alpha value is -1.64. The molecular weight excluding hydrogens is 430 g/mol. The van der Waals surface area contributed by atoms with Gasteiger partial charge in [0, 0.05) is 31.9 Å². The third kappa shape index (κ3) is 7.72. The number of carbonyl (C=O) groups excluding carboxylic acids is 2. The van der Waals surface area contributed by atoms with E-state index < -0.39 is 0 Å². The number of aromatic nitrogens is 1. The van der Waals surface area contributed by atoms with Crippen LogP contribution in [0.3, 0.4) is 0 Å². The molecule has 1 aromatic carbocycles.